The number of carbonyl (C=O) groups is 1. The van der Waals surface area contributed by atoms with Gasteiger partial charge in [0.25, 0.3) is 5.91 Å². The largest absolute Gasteiger partial charge is 0.367 e. The Balaban J connectivity index is 1.24. The van der Waals surface area contributed by atoms with Gasteiger partial charge in [-0.25, -0.2) is 0 Å². The second-order valence-corrected chi connectivity index (χ2v) is 9.05. The zero-order valence-electron chi connectivity index (χ0n) is 19.0. The number of amides is 1. The highest BCUT2D eigenvalue weighted by molar-refractivity contribution is 5.94. The van der Waals surface area contributed by atoms with Crippen LogP contribution in [0.25, 0.3) is 0 Å². The first-order chi connectivity index (χ1) is 15.2. The fraction of sp³-hybridized carbons (Fsp3) is 0.519. The molecule has 0 radical (unpaired) electrons. The van der Waals surface area contributed by atoms with E-state index in [-0.39, 0.29) is 5.91 Å². The van der Waals surface area contributed by atoms with E-state index in [9.17, 15) is 4.79 Å². The van der Waals surface area contributed by atoms with Gasteiger partial charge < -0.3 is 15.1 Å². The van der Waals surface area contributed by atoms with E-state index < -0.39 is 0 Å². The Labute approximate surface area is 187 Å². The molecule has 0 unspecified atom stereocenters. The summed E-state index contributed by atoms with van der Waals surface area (Å²) in [6, 6.07) is 17.6. The summed E-state index contributed by atoms with van der Waals surface area (Å²) in [5.41, 5.74) is 4.81. The van der Waals surface area contributed by atoms with Crippen LogP contribution in [0.3, 0.4) is 0 Å². The molecule has 0 bridgehead atoms. The van der Waals surface area contributed by atoms with Crippen LogP contribution in [0.4, 0.5) is 5.69 Å². The minimum atomic E-state index is 0.0422. The summed E-state index contributed by atoms with van der Waals surface area (Å²) in [6.45, 7) is 7.34. The molecular weight excluding hydrogens is 382 g/mol. The van der Waals surface area contributed by atoms with Crippen molar-refractivity contribution in [2.45, 2.75) is 64.5 Å². The van der Waals surface area contributed by atoms with Crippen molar-refractivity contribution in [1.29, 1.82) is 0 Å². The third kappa shape index (κ3) is 5.68. The van der Waals surface area contributed by atoms with Crippen LogP contribution in [0.2, 0.25) is 0 Å². The maximum atomic E-state index is 12.5. The lowest BCUT2D eigenvalue weighted by atomic mass is 10.00. The van der Waals surface area contributed by atoms with Crippen molar-refractivity contribution in [3.05, 3.63) is 65.2 Å². The Morgan fingerprint density at radius 1 is 1.03 bits per heavy atom. The van der Waals surface area contributed by atoms with E-state index in [2.05, 4.69) is 58.4 Å². The number of hydrogen-bond donors (Lipinski definition) is 1. The van der Waals surface area contributed by atoms with Crippen molar-refractivity contribution >= 4 is 11.6 Å². The van der Waals surface area contributed by atoms with Crippen molar-refractivity contribution in [2.75, 3.05) is 31.1 Å². The maximum absolute atomic E-state index is 12.5. The van der Waals surface area contributed by atoms with Gasteiger partial charge in [-0.15, -0.1) is 0 Å². The minimum Gasteiger partial charge on any atom is -0.367 e. The maximum Gasteiger partial charge on any atom is 0.251 e. The van der Waals surface area contributed by atoms with E-state index in [1.165, 1.54) is 61.9 Å². The summed E-state index contributed by atoms with van der Waals surface area (Å²) >= 11 is 0. The molecule has 0 aromatic heterocycles. The molecule has 4 heteroatoms. The number of likely N-dealkylation sites (tertiary alicyclic amines) is 1. The molecule has 0 saturated carbocycles. The SMILES string of the molecule is CC[C@@H]1CCCCN1CCCNC(=O)c1ccc(CN2CCCc3ccccc32)cc1. The van der Waals surface area contributed by atoms with Crippen molar-refractivity contribution in [2.24, 2.45) is 0 Å². The Hall–Kier alpha value is -2.33. The second-order valence-electron chi connectivity index (χ2n) is 9.05. The van der Waals surface area contributed by atoms with Crippen molar-refractivity contribution < 1.29 is 4.79 Å². The van der Waals surface area contributed by atoms with Crippen LogP contribution < -0.4 is 10.2 Å². The Morgan fingerprint density at radius 3 is 2.71 bits per heavy atom. The Morgan fingerprint density at radius 2 is 1.87 bits per heavy atom. The average Bonchev–Trinajstić information content (AvgIpc) is 2.82. The Kier molecular flexibility index (Phi) is 7.63. The predicted octanol–water partition coefficient (Wildman–Crippen LogP) is 5.02. The number of nitrogens with zero attached hydrogens (tertiary/aromatic N) is 2. The summed E-state index contributed by atoms with van der Waals surface area (Å²) in [6.07, 6.45) is 8.65. The number of para-hydroxylation sites is 1. The molecule has 0 spiro atoms. The van der Waals surface area contributed by atoms with Gasteiger partial charge in [0.15, 0.2) is 0 Å². The van der Waals surface area contributed by atoms with Gasteiger partial charge >= 0.3 is 0 Å². The molecule has 2 aliphatic heterocycles. The second kappa shape index (κ2) is 10.8. The first-order valence-corrected chi connectivity index (χ1v) is 12.2. The third-order valence-electron chi connectivity index (χ3n) is 6.92. The summed E-state index contributed by atoms with van der Waals surface area (Å²) < 4.78 is 0. The van der Waals surface area contributed by atoms with Crippen LogP contribution >= 0.6 is 0 Å². The molecule has 31 heavy (non-hydrogen) atoms. The van der Waals surface area contributed by atoms with Crippen LogP contribution in [-0.2, 0) is 13.0 Å². The van der Waals surface area contributed by atoms with Gasteiger partial charge in [-0.2, -0.15) is 0 Å². The number of hydrogen-bond acceptors (Lipinski definition) is 3. The standard InChI is InChI=1S/C27H37N3O/c1-2-25-11-5-6-18-29(25)20-8-17-28-27(31)24-15-13-22(14-16-24)21-30-19-7-10-23-9-3-4-12-26(23)30/h3-4,9,12-16,25H,2,5-8,10-11,17-21H2,1H3,(H,28,31)/t25-/m1/s1. The molecule has 2 heterocycles. The average molecular weight is 420 g/mol. The molecule has 1 amide bonds. The van der Waals surface area contributed by atoms with E-state index in [1.54, 1.807) is 0 Å². The molecule has 2 aromatic carbocycles. The number of nitrogens with one attached hydrogen (secondary N) is 1. The summed E-state index contributed by atoms with van der Waals surface area (Å²) in [7, 11) is 0. The van der Waals surface area contributed by atoms with Crippen LogP contribution in [0.15, 0.2) is 48.5 Å². The van der Waals surface area contributed by atoms with Crippen molar-refractivity contribution in [3.8, 4) is 0 Å². The fourth-order valence-corrected chi connectivity index (χ4v) is 5.16. The Bertz CT molecular complexity index is 848. The summed E-state index contributed by atoms with van der Waals surface area (Å²) in [5, 5.41) is 3.11. The molecule has 2 aliphatic rings. The number of fused-ring (bicyclic) bond motifs is 1. The quantitative estimate of drug-likeness (QED) is 0.610. The van der Waals surface area contributed by atoms with E-state index >= 15 is 0 Å². The molecule has 4 nitrogen and oxygen atoms in total. The number of carbonyl (C=O) groups excluding carboxylic acids is 1. The highest BCUT2D eigenvalue weighted by atomic mass is 16.1. The molecule has 0 aliphatic carbocycles. The minimum absolute atomic E-state index is 0.0422. The normalized spacial score (nSPS) is 19.1. The molecular formula is C27H37N3O. The molecule has 1 atom stereocenters. The zero-order chi connectivity index (χ0) is 21.5. The van der Waals surface area contributed by atoms with Gasteiger partial charge in [0.2, 0.25) is 0 Å². The predicted molar refractivity (Wildman–Crippen MR) is 129 cm³/mol. The molecule has 1 saturated heterocycles. The van der Waals surface area contributed by atoms with Gasteiger partial charge in [0.05, 0.1) is 0 Å². The number of aryl methyl sites for hydroxylation is 1. The van der Waals surface area contributed by atoms with Crippen LogP contribution in [0.5, 0.6) is 0 Å². The molecule has 1 fully saturated rings. The highest BCUT2D eigenvalue weighted by Gasteiger charge is 2.20. The van der Waals surface area contributed by atoms with Crippen molar-refractivity contribution in [3.63, 3.8) is 0 Å². The zero-order valence-corrected chi connectivity index (χ0v) is 19.0. The van der Waals surface area contributed by atoms with E-state index in [0.717, 1.165) is 44.2 Å². The van der Waals surface area contributed by atoms with Crippen LogP contribution in [-0.4, -0.2) is 43.0 Å². The summed E-state index contributed by atoms with van der Waals surface area (Å²) in [5.74, 6) is 0.0422. The highest BCUT2D eigenvalue weighted by Crippen LogP contribution is 2.28. The molecule has 2 aromatic rings. The molecule has 4 rings (SSSR count). The first kappa shape index (κ1) is 21.9. The first-order valence-electron chi connectivity index (χ1n) is 12.2. The van der Waals surface area contributed by atoms with E-state index in [1.807, 2.05) is 12.1 Å². The molecule has 1 N–H and O–H groups in total. The van der Waals surface area contributed by atoms with Crippen LogP contribution in [0, 0.1) is 0 Å². The van der Waals surface area contributed by atoms with Gasteiger partial charge in [0.1, 0.15) is 0 Å². The lowest BCUT2D eigenvalue weighted by molar-refractivity contribution is 0.0947. The van der Waals surface area contributed by atoms with Gasteiger partial charge in [-0.05, 0) is 74.4 Å². The smallest absolute Gasteiger partial charge is 0.251 e. The van der Waals surface area contributed by atoms with E-state index in [0.29, 0.717) is 0 Å². The monoisotopic (exact) mass is 419 g/mol. The topological polar surface area (TPSA) is 35.6 Å². The van der Waals surface area contributed by atoms with E-state index in [4.69, 9.17) is 0 Å². The van der Waals surface area contributed by atoms with Crippen molar-refractivity contribution in [1.82, 2.24) is 10.2 Å². The lowest BCUT2D eigenvalue weighted by Gasteiger charge is -2.35. The lowest BCUT2D eigenvalue weighted by Crippen LogP contribution is -2.40. The molecule has 166 valence electrons. The van der Waals surface area contributed by atoms with Gasteiger partial charge in [-0.3, -0.25) is 4.79 Å². The number of anilines is 1. The summed E-state index contributed by atoms with van der Waals surface area (Å²) in [4.78, 5) is 17.6. The fourth-order valence-electron chi connectivity index (χ4n) is 5.16. The number of rotatable bonds is 8. The van der Waals surface area contributed by atoms with Gasteiger partial charge in [-0.1, -0.05) is 43.7 Å². The van der Waals surface area contributed by atoms with Crippen LogP contribution in [0.1, 0.15) is 66.9 Å². The number of piperidine rings is 1. The van der Waals surface area contributed by atoms with Gasteiger partial charge in [0, 0.05) is 43.5 Å². The third-order valence-corrected chi connectivity index (χ3v) is 6.92. The number of benzene rings is 2.